The lowest BCUT2D eigenvalue weighted by molar-refractivity contribution is 0.354. The minimum Gasteiger partial charge on any atom is -0.493 e. The fraction of sp³-hybridized carbons (Fsp3) is 0.294. The van der Waals surface area contributed by atoms with Gasteiger partial charge in [-0.25, -0.2) is 0 Å². The third-order valence-corrected chi connectivity index (χ3v) is 3.75. The van der Waals surface area contributed by atoms with Gasteiger partial charge in [-0.2, -0.15) is 0 Å². The largest absolute Gasteiger partial charge is 0.493 e. The Hall–Kier alpha value is -1.71. The Morgan fingerprint density at radius 2 is 1.81 bits per heavy atom. The Labute approximate surface area is 130 Å². The Balaban J connectivity index is 2.12. The smallest absolute Gasteiger partial charge is 0.179 e. The van der Waals surface area contributed by atoms with Crippen molar-refractivity contribution in [3.63, 3.8) is 0 Å². The Kier molecular flexibility index (Phi) is 5.48. The molecule has 0 saturated carbocycles. The normalized spacial score (nSPS) is 12.0. The van der Waals surface area contributed by atoms with Crippen LogP contribution < -0.4 is 15.2 Å². The van der Waals surface area contributed by atoms with E-state index in [4.69, 9.17) is 26.8 Å². The van der Waals surface area contributed by atoms with Crippen LogP contribution in [0.1, 0.15) is 23.6 Å². The number of hydrogen-bond donors (Lipinski definition) is 1. The summed E-state index contributed by atoms with van der Waals surface area (Å²) in [6.45, 7) is 0. The highest BCUT2D eigenvalue weighted by Gasteiger charge is 2.14. The van der Waals surface area contributed by atoms with E-state index in [1.807, 2.05) is 30.3 Å². The molecule has 2 aromatic rings. The van der Waals surface area contributed by atoms with Gasteiger partial charge in [-0.05, 0) is 36.1 Å². The molecule has 3 nitrogen and oxygen atoms in total. The first-order valence-electron chi connectivity index (χ1n) is 6.86. The second-order valence-corrected chi connectivity index (χ2v) is 5.28. The average Bonchev–Trinajstić information content (AvgIpc) is 2.52. The van der Waals surface area contributed by atoms with Gasteiger partial charge >= 0.3 is 0 Å². The van der Waals surface area contributed by atoms with Crippen molar-refractivity contribution in [1.29, 1.82) is 0 Å². The van der Waals surface area contributed by atoms with Crippen molar-refractivity contribution < 1.29 is 9.47 Å². The topological polar surface area (TPSA) is 44.5 Å². The van der Waals surface area contributed by atoms with Crippen molar-refractivity contribution in [2.45, 2.75) is 18.9 Å². The number of benzene rings is 2. The van der Waals surface area contributed by atoms with E-state index in [1.54, 1.807) is 14.2 Å². The van der Waals surface area contributed by atoms with Crippen molar-refractivity contribution in [2.75, 3.05) is 14.2 Å². The monoisotopic (exact) mass is 305 g/mol. The van der Waals surface area contributed by atoms with Gasteiger partial charge in [-0.3, -0.25) is 0 Å². The van der Waals surface area contributed by atoms with Crippen LogP contribution in [-0.2, 0) is 6.42 Å². The number of halogens is 1. The minimum absolute atomic E-state index is 0.0949. The maximum Gasteiger partial charge on any atom is 0.179 e. The lowest BCUT2D eigenvalue weighted by Gasteiger charge is -2.16. The van der Waals surface area contributed by atoms with E-state index in [1.165, 1.54) is 5.56 Å². The van der Waals surface area contributed by atoms with Crippen molar-refractivity contribution in [2.24, 2.45) is 5.73 Å². The number of nitrogens with two attached hydrogens (primary N) is 1. The molecule has 21 heavy (non-hydrogen) atoms. The molecule has 0 bridgehead atoms. The molecule has 0 aliphatic heterocycles. The van der Waals surface area contributed by atoms with Crippen molar-refractivity contribution in [3.05, 3.63) is 58.6 Å². The van der Waals surface area contributed by atoms with Crippen molar-refractivity contribution in [3.8, 4) is 11.5 Å². The van der Waals surface area contributed by atoms with Crippen molar-refractivity contribution in [1.82, 2.24) is 0 Å². The zero-order chi connectivity index (χ0) is 15.2. The van der Waals surface area contributed by atoms with Gasteiger partial charge in [0.25, 0.3) is 0 Å². The third kappa shape index (κ3) is 3.90. The summed E-state index contributed by atoms with van der Waals surface area (Å²) in [5.41, 5.74) is 8.50. The highest BCUT2D eigenvalue weighted by molar-refractivity contribution is 6.32. The lowest BCUT2D eigenvalue weighted by Crippen LogP contribution is -2.12. The Morgan fingerprint density at radius 3 is 2.43 bits per heavy atom. The van der Waals surface area contributed by atoms with E-state index in [9.17, 15) is 0 Å². The van der Waals surface area contributed by atoms with Gasteiger partial charge in [0, 0.05) is 6.04 Å². The van der Waals surface area contributed by atoms with Crippen LogP contribution >= 0.6 is 11.6 Å². The van der Waals surface area contributed by atoms with E-state index in [2.05, 4.69) is 12.1 Å². The van der Waals surface area contributed by atoms with Gasteiger partial charge < -0.3 is 15.2 Å². The van der Waals surface area contributed by atoms with Crippen LogP contribution in [-0.4, -0.2) is 14.2 Å². The fourth-order valence-corrected chi connectivity index (χ4v) is 2.58. The van der Waals surface area contributed by atoms with E-state index in [0.29, 0.717) is 16.5 Å². The van der Waals surface area contributed by atoms with Gasteiger partial charge in [-0.15, -0.1) is 0 Å². The average molecular weight is 306 g/mol. The highest BCUT2D eigenvalue weighted by atomic mass is 35.5. The highest BCUT2D eigenvalue weighted by Crippen LogP contribution is 2.37. The maximum absolute atomic E-state index is 6.27. The zero-order valence-electron chi connectivity index (χ0n) is 12.3. The van der Waals surface area contributed by atoms with Crippen LogP contribution in [0.4, 0.5) is 0 Å². The van der Waals surface area contributed by atoms with Crippen LogP contribution in [0.3, 0.4) is 0 Å². The molecular weight excluding hydrogens is 286 g/mol. The van der Waals surface area contributed by atoms with Crippen LogP contribution in [0.2, 0.25) is 5.02 Å². The van der Waals surface area contributed by atoms with E-state index in [-0.39, 0.29) is 6.04 Å². The molecule has 2 N–H and O–H groups in total. The summed E-state index contributed by atoms with van der Waals surface area (Å²) >= 11 is 6.21. The maximum atomic E-state index is 6.27. The molecule has 112 valence electrons. The van der Waals surface area contributed by atoms with Gasteiger partial charge in [0.15, 0.2) is 11.5 Å². The molecule has 1 unspecified atom stereocenters. The first-order chi connectivity index (χ1) is 10.2. The van der Waals surface area contributed by atoms with Crippen LogP contribution in [0.15, 0.2) is 42.5 Å². The summed E-state index contributed by atoms with van der Waals surface area (Å²) in [5.74, 6) is 1.15. The summed E-state index contributed by atoms with van der Waals surface area (Å²) < 4.78 is 10.5. The first-order valence-corrected chi connectivity index (χ1v) is 7.24. The van der Waals surface area contributed by atoms with Gasteiger partial charge in [0.1, 0.15) is 0 Å². The zero-order valence-corrected chi connectivity index (χ0v) is 13.1. The molecule has 2 rings (SSSR count). The predicted octanol–water partition coefficient (Wildman–Crippen LogP) is 3.99. The van der Waals surface area contributed by atoms with Gasteiger partial charge in [0.2, 0.25) is 0 Å². The van der Waals surface area contributed by atoms with Crippen molar-refractivity contribution >= 4 is 11.6 Å². The second kappa shape index (κ2) is 7.34. The Morgan fingerprint density at radius 1 is 1.10 bits per heavy atom. The molecular formula is C17H20ClNO2. The molecule has 0 aliphatic rings. The molecule has 2 aromatic carbocycles. The predicted molar refractivity (Wildman–Crippen MR) is 86.2 cm³/mol. The molecule has 0 heterocycles. The minimum atomic E-state index is -0.0949. The molecule has 0 fully saturated rings. The molecule has 0 aromatic heterocycles. The van der Waals surface area contributed by atoms with E-state index >= 15 is 0 Å². The Bertz CT molecular complexity index is 587. The molecule has 0 radical (unpaired) electrons. The van der Waals surface area contributed by atoms with Crippen LogP contribution in [0.5, 0.6) is 11.5 Å². The molecule has 4 heteroatoms. The summed E-state index contributed by atoms with van der Waals surface area (Å²) in [7, 11) is 3.16. The van der Waals surface area contributed by atoms with Crippen LogP contribution in [0.25, 0.3) is 0 Å². The molecule has 0 aliphatic carbocycles. The summed E-state index contributed by atoms with van der Waals surface area (Å²) in [6.07, 6.45) is 1.77. The fourth-order valence-electron chi connectivity index (χ4n) is 2.29. The first kappa shape index (κ1) is 15.7. The van der Waals surface area contributed by atoms with Gasteiger partial charge in [-0.1, -0.05) is 41.9 Å². The standard InChI is InChI=1S/C17H20ClNO2/c1-20-16-11-13(10-14(18)17(16)21-2)15(19)9-8-12-6-4-3-5-7-12/h3-7,10-11,15H,8-9,19H2,1-2H3. The SMILES string of the molecule is COc1cc(C(N)CCc2ccccc2)cc(Cl)c1OC. The number of rotatable bonds is 6. The quantitative estimate of drug-likeness (QED) is 0.877. The lowest BCUT2D eigenvalue weighted by atomic mass is 9.99. The van der Waals surface area contributed by atoms with Gasteiger partial charge in [0.05, 0.1) is 19.2 Å². The molecule has 0 saturated heterocycles. The number of hydrogen-bond acceptors (Lipinski definition) is 3. The number of ether oxygens (including phenoxy) is 2. The number of aryl methyl sites for hydroxylation is 1. The van der Waals surface area contributed by atoms with E-state index < -0.39 is 0 Å². The molecule has 0 spiro atoms. The van der Waals surface area contributed by atoms with E-state index in [0.717, 1.165) is 18.4 Å². The number of methoxy groups -OCH3 is 2. The molecule has 0 amide bonds. The summed E-state index contributed by atoms with van der Waals surface area (Å²) in [6, 6.07) is 13.9. The summed E-state index contributed by atoms with van der Waals surface area (Å²) in [4.78, 5) is 0. The summed E-state index contributed by atoms with van der Waals surface area (Å²) in [5, 5.41) is 0.516. The van der Waals surface area contributed by atoms with Crippen LogP contribution in [0, 0.1) is 0 Å². The molecule has 1 atom stereocenters. The second-order valence-electron chi connectivity index (χ2n) is 4.87. The third-order valence-electron chi connectivity index (χ3n) is 3.47.